The Hall–Kier alpha value is -1.57. The highest BCUT2D eigenvalue weighted by Gasteiger charge is 2.36. The molecule has 0 aliphatic heterocycles. The number of aromatic nitrogens is 2. The molecule has 1 N–H and O–H groups in total. The van der Waals surface area contributed by atoms with Gasteiger partial charge in [-0.05, 0) is 12.1 Å². The number of nitrogens with zero attached hydrogens (tertiary/aromatic N) is 1. The number of halogens is 3. The molecule has 0 saturated heterocycles. The zero-order valence-corrected chi connectivity index (χ0v) is 9.35. The first-order valence-electron chi connectivity index (χ1n) is 4.44. The first-order chi connectivity index (χ1) is 7.69. The molecule has 1 heterocycles. The summed E-state index contributed by atoms with van der Waals surface area (Å²) in [7, 11) is -3.96. The molecule has 0 aliphatic carbocycles. The van der Waals surface area contributed by atoms with Crippen LogP contribution in [-0.4, -0.2) is 24.6 Å². The number of hydrogen-bond acceptors (Lipinski definition) is 3. The van der Waals surface area contributed by atoms with Crippen molar-refractivity contribution in [2.45, 2.75) is 11.1 Å². The molecule has 17 heavy (non-hydrogen) atoms. The maximum Gasteiger partial charge on any atom is 0.417 e. The number of rotatable bonds is 1. The highest BCUT2D eigenvalue weighted by atomic mass is 32.2. The lowest BCUT2D eigenvalue weighted by Crippen LogP contribution is -2.12. The first-order valence-corrected chi connectivity index (χ1v) is 6.33. The average molecular weight is 264 g/mol. The number of benzene rings is 1. The molecule has 0 saturated carbocycles. The van der Waals surface area contributed by atoms with Crippen molar-refractivity contribution in [2.24, 2.45) is 0 Å². The maximum absolute atomic E-state index is 12.7. The molecule has 0 atom stereocenters. The Labute approximate surface area is 94.4 Å². The maximum atomic E-state index is 12.7. The van der Waals surface area contributed by atoms with E-state index in [0.29, 0.717) is 0 Å². The highest BCUT2D eigenvalue weighted by molar-refractivity contribution is 7.90. The van der Waals surface area contributed by atoms with E-state index in [-0.39, 0.29) is 11.0 Å². The van der Waals surface area contributed by atoms with E-state index in [1.165, 1.54) is 6.33 Å². The van der Waals surface area contributed by atoms with Crippen molar-refractivity contribution in [3.8, 4) is 0 Å². The number of H-pyrrole nitrogens is 1. The summed E-state index contributed by atoms with van der Waals surface area (Å²) in [4.78, 5) is 5.47. The molecule has 1 aromatic carbocycles. The summed E-state index contributed by atoms with van der Waals surface area (Å²) in [5.74, 6) is 0. The van der Waals surface area contributed by atoms with E-state index >= 15 is 0 Å². The monoisotopic (exact) mass is 264 g/mol. The molecule has 0 unspecified atom stereocenters. The van der Waals surface area contributed by atoms with Gasteiger partial charge >= 0.3 is 6.18 Å². The molecule has 0 aliphatic rings. The van der Waals surface area contributed by atoms with Crippen LogP contribution in [0, 0.1) is 0 Å². The van der Waals surface area contributed by atoms with Gasteiger partial charge in [0.2, 0.25) is 0 Å². The quantitative estimate of drug-likeness (QED) is 0.856. The molecule has 8 heteroatoms. The van der Waals surface area contributed by atoms with E-state index in [2.05, 4.69) is 9.97 Å². The van der Waals surface area contributed by atoms with Crippen molar-refractivity contribution in [1.29, 1.82) is 0 Å². The third kappa shape index (κ3) is 2.12. The largest absolute Gasteiger partial charge is 0.417 e. The van der Waals surface area contributed by atoms with Gasteiger partial charge in [0, 0.05) is 6.26 Å². The third-order valence-corrected chi connectivity index (χ3v) is 3.36. The topological polar surface area (TPSA) is 62.8 Å². The standard InChI is InChI=1S/C9H7F3N2O2S/c1-17(15,16)8-3-7-6(13-4-14-7)2-5(8)9(10,11)12/h2-4H,1H3,(H,13,14). The van der Waals surface area contributed by atoms with Gasteiger partial charge in [-0.3, -0.25) is 0 Å². The number of hydrogen-bond donors (Lipinski definition) is 1. The van der Waals surface area contributed by atoms with Gasteiger partial charge in [-0.1, -0.05) is 0 Å². The molecule has 0 amide bonds. The molecule has 92 valence electrons. The Bertz CT molecular complexity index is 673. The fraction of sp³-hybridized carbons (Fsp3) is 0.222. The highest BCUT2D eigenvalue weighted by Crippen LogP contribution is 2.35. The fourth-order valence-electron chi connectivity index (χ4n) is 1.49. The van der Waals surface area contributed by atoms with Crippen molar-refractivity contribution < 1.29 is 21.6 Å². The van der Waals surface area contributed by atoms with E-state index in [1.807, 2.05) is 0 Å². The molecular weight excluding hydrogens is 257 g/mol. The van der Waals surface area contributed by atoms with Gasteiger partial charge < -0.3 is 4.98 Å². The third-order valence-electron chi connectivity index (χ3n) is 2.23. The Balaban J connectivity index is 2.87. The predicted octanol–water partition coefficient (Wildman–Crippen LogP) is 1.99. The summed E-state index contributed by atoms with van der Waals surface area (Å²) < 4.78 is 60.8. The lowest BCUT2D eigenvalue weighted by molar-refractivity contribution is -0.139. The van der Waals surface area contributed by atoms with E-state index in [4.69, 9.17) is 0 Å². The van der Waals surface area contributed by atoms with Crippen molar-refractivity contribution in [3.05, 3.63) is 24.0 Å². The molecule has 0 fully saturated rings. The van der Waals surface area contributed by atoms with Crippen molar-refractivity contribution in [1.82, 2.24) is 9.97 Å². The van der Waals surface area contributed by atoms with E-state index in [9.17, 15) is 21.6 Å². The predicted molar refractivity (Wildman–Crippen MR) is 54.2 cm³/mol. The van der Waals surface area contributed by atoms with Crippen LogP contribution < -0.4 is 0 Å². The lowest BCUT2D eigenvalue weighted by atomic mass is 10.2. The molecule has 0 bridgehead atoms. The Morgan fingerprint density at radius 1 is 1.29 bits per heavy atom. The van der Waals surface area contributed by atoms with Crippen LogP contribution in [0.3, 0.4) is 0 Å². The summed E-state index contributed by atoms with van der Waals surface area (Å²) in [5, 5.41) is 0. The second-order valence-corrected chi connectivity index (χ2v) is 5.52. The minimum Gasteiger partial charge on any atom is -0.345 e. The van der Waals surface area contributed by atoms with Crippen molar-refractivity contribution in [3.63, 3.8) is 0 Å². The summed E-state index contributed by atoms with van der Waals surface area (Å²) in [6.07, 6.45) is -2.79. The zero-order chi connectivity index (χ0) is 12.8. The SMILES string of the molecule is CS(=O)(=O)c1cc2nc[nH]c2cc1C(F)(F)F. The molecular formula is C9H7F3N2O2S. The van der Waals surface area contributed by atoms with Gasteiger partial charge in [-0.25, -0.2) is 13.4 Å². The average Bonchev–Trinajstić information content (AvgIpc) is 2.59. The van der Waals surface area contributed by atoms with Crippen LogP contribution in [0.2, 0.25) is 0 Å². The number of fused-ring (bicyclic) bond motifs is 1. The summed E-state index contributed by atoms with van der Waals surface area (Å²) in [6.45, 7) is 0. The Morgan fingerprint density at radius 2 is 1.94 bits per heavy atom. The summed E-state index contributed by atoms with van der Waals surface area (Å²) >= 11 is 0. The number of sulfone groups is 1. The first kappa shape index (κ1) is 11.9. The van der Waals surface area contributed by atoms with Gasteiger partial charge in [0.05, 0.1) is 27.8 Å². The van der Waals surface area contributed by atoms with E-state index in [0.717, 1.165) is 18.4 Å². The normalized spacial score (nSPS) is 13.2. The van der Waals surface area contributed by atoms with Crippen LogP contribution in [0.1, 0.15) is 5.56 Å². The van der Waals surface area contributed by atoms with Crippen molar-refractivity contribution >= 4 is 20.9 Å². The van der Waals surface area contributed by atoms with Crippen LogP contribution in [-0.2, 0) is 16.0 Å². The van der Waals surface area contributed by atoms with Gasteiger partial charge in [0.25, 0.3) is 0 Å². The molecule has 2 aromatic rings. The van der Waals surface area contributed by atoms with Crippen LogP contribution in [0.4, 0.5) is 13.2 Å². The molecule has 2 rings (SSSR count). The molecule has 0 radical (unpaired) electrons. The number of nitrogens with one attached hydrogen (secondary N) is 1. The van der Waals surface area contributed by atoms with Gasteiger partial charge in [0.1, 0.15) is 0 Å². The second kappa shape index (κ2) is 3.46. The van der Waals surface area contributed by atoms with Crippen LogP contribution in [0.25, 0.3) is 11.0 Å². The summed E-state index contributed by atoms with van der Waals surface area (Å²) in [5.41, 5.74) is -0.861. The zero-order valence-electron chi connectivity index (χ0n) is 8.54. The molecule has 4 nitrogen and oxygen atoms in total. The minimum absolute atomic E-state index is 0.143. The van der Waals surface area contributed by atoms with Gasteiger partial charge in [-0.2, -0.15) is 13.2 Å². The van der Waals surface area contributed by atoms with Gasteiger partial charge in [-0.15, -0.1) is 0 Å². The lowest BCUT2D eigenvalue weighted by Gasteiger charge is -2.11. The van der Waals surface area contributed by atoms with Crippen molar-refractivity contribution in [2.75, 3.05) is 6.26 Å². The van der Waals surface area contributed by atoms with E-state index in [1.54, 1.807) is 0 Å². The summed E-state index contributed by atoms with van der Waals surface area (Å²) in [6, 6.07) is 1.67. The smallest absolute Gasteiger partial charge is 0.345 e. The Morgan fingerprint density at radius 3 is 2.47 bits per heavy atom. The number of alkyl halides is 3. The second-order valence-electron chi connectivity index (χ2n) is 3.54. The van der Waals surface area contributed by atoms with Gasteiger partial charge in [0.15, 0.2) is 9.84 Å². The van der Waals surface area contributed by atoms with Crippen LogP contribution >= 0.6 is 0 Å². The fourth-order valence-corrected chi connectivity index (χ4v) is 2.39. The van der Waals surface area contributed by atoms with E-state index < -0.39 is 26.5 Å². The number of imidazole rings is 1. The minimum atomic E-state index is -4.72. The number of aromatic amines is 1. The molecule has 0 spiro atoms. The molecule has 1 aromatic heterocycles. The Kier molecular flexibility index (Phi) is 2.42. The van der Waals surface area contributed by atoms with Crippen LogP contribution in [0.15, 0.2) is 23.4 Å². The van der Waals surface area contributed by atoms with Crippen LogP contribution in [0.5, 0.6) is 0 Å².